The number of carbonyl (C=O) groups excluding carboxylic acids is 1. The lowest BCUT2D eigenvalue weighted by atomic mass is 10.2. The molecule has 0 atom stereocenters. The summed E-state index contributed by atoms with van der Waals surface area (Å²) < 4.78 is 4.52. The molecule has 7 nitrogen and oxygen atoms in total. The van der Waals surface area contributed by atoms with Gasteiger partial charge in [0, 0.05) is 44.8 Å². The zero-order valence-corrected chi connectivity index (χ0v) is 18.3. The first-order valence-electron chi connectivity index (χ1n) is 10.7. The van der Waals surface area contributed by atoms with Crippen molar-refractivity contribution in [3.63, 3.8) is 0 Å². The van der Waals surface area contributed by atoms with E-state index in [0.29, 0.717) is 24.9 Å². The number of thiophene rings is 1. The largest absolute Gasteiger partial charge is 0.368 e. The number of hydrogen-bond donors (Lipinski definition) is 0. The second-order valence-electron chi connectivity index (χ2n) is 7.92. The molecule has 0 radical (unpaired) electrons. The topological polar surface area (TPSA) is 62.9 Å². The fourth-order valence-electron chi connectivity index (χ4n) is 4.37. The molecule has 1 aromatic carbocycles. The van der Waals surface area contributed by atoms with E-state index < -0.39 is 0 Å². The van der Waals surface area contributed by atoms with E-state index in [1.807, 2.05) is 51.9 Å². The average Bonchev–Trinajstić information content (AvgIpc) is 3.39. The summed E-state index contributed by atoms with van der Waals surface area (Å²) in [7, 11) is 0. The standard InChI is InChI=1S/C23H25N5O2S/c1-17-24-27(23(30)20-16-21-19(28(17)20)9-15-31-21)10-5-8-22(29)26-13-11-25(12-14-26)18-6-3-2-4-7-18/h2-4,6-7,9,15-16H,5,8,10-14H2,1H3. The fraction of sp³-hybridized carbons (Fsp3) is 0.348. The molecule has 1 fully saturated rings. The highest BCUT2D eigenvalue weighted by Gasteiger charge is 2.21. The molecule has 160 valence electrons. The molecule has 1 amide bonds. The van der Waals surface area contributed by atoms with E-state index >= 15 is 0 Å². The number of amides is 1. The summed E-state index contributed by atoms with van der Waals surface area (Å²) >= 11 is 1.62. The van der Waals surface area contributed by atoms with Crippen LogP contribution in [0.5, 0.6) is 0 Å². The highest BCUT2D eigenvalue weighted by Crippen LogP contribution is 2.24. The lowest BCUT2D eigenvalue weighted by Gasteiger charge is -2.36. The molecule has 1 aliphatic heterocycles. The third-order valence-electron chi connectivity index (χ3n) is 5.98. The molecule has 0 N–H and O–H groups in total. The number of benzene rings is 1. The van der Waals surface area contributed by atoms with Crippen LogP contribution in [-0.2, 0) is 11.3 Å². The number of anilines is 1. The lowest BCUT2D eigenvalue weighted by molar-refractivity contribution is -0.131. The summed E-state index contributed by atoms with van der Waals surface area (Å²) in [4.78, 5) is 29.8. The number of nitrogens with zero attached hydrogens (tertiary/aromatic N) is 5. The Balaban J connectivity index is 1.19. The molecule has 5 rings (SSSR count). The molecule has 8 heteroatoms. The summed E-state index contributed by atoms with van der Waals surface area (Å²) in [6, 6.07) is 14.3. The minimum Gasteiger partial charge on any atom is -0.368 e. The first-order valence-corrected chi connectivity index (χ1v) is 11.5. The summed E-state index contributed by atoms with van der Waals surface area (Å²) in [6.07, 6.45) is 1.04. The zero-order chi connectivity index (χ0) is 21.4. The Bertz CT molecular complexity index is 1280. The third kappa shape index (κ3) is 3.72. The lowest BCUT2D eigenvalue weighted by Crippen LogP contribution is -2.48. The van der Waals surface area contributed by atoms with Gasteiger partial charge in [-0.15, -0.1) is 11.3 Å². The van der Waals surface area contributed by atoms with Crippen molar-refractivity contribution >= 4 is 38.7 Å². The molecular formula is C23H25N5O2S. The van der Waals surface area contributed by atoms with Crippen LogP contribution in [0.2, 0.25) is 0 Å². The average molecular weight is 436 g/mol. The van der Waals surface area contributed by atoms with Gasteiger partial charge in [-0.25, -0.2) is 4.68 Å². The summed E-state index contributed by atoms with van der Waals surface area (Å²) in [5.74, 6) is 0.938. The van der Waals surface area contributed by atoms with Gasteiger partial charge in [-0.2, -0.15) is 5.10 Å². The molecule has 0 unspecified atom stereocenters. The maximum Gasteiger partial charge on any atom is 0.291 e. The van der Waals surface area contributed by atoms with Crippen LogP contribution in [0.4, 0.5) is 5.69 Å². The molecule has 1 saturated heterocycles. The number of aromatic nitrogens is 3. The van der Waals surface area contributed by atoms with Crippen LogP contribution in [0.1, 0.15) is 18.7 Å². The number of para-hydroxylation sites is 1. The minimum atomic E-state index is -0.0991. The van der Waals surface area contributed by atoms with Crippen LogP contribution >= 0.6 is 11.3 Å². The van der Waals surface area contributed by atoms with Crippen LogP contribution in [0.25, 0.3) is 15.7 Å². The Kier molecular flexibility index (Phi) is 5.23. The first kappa shape index (κ1) is 19.8. The minimum absolute atomic E-state index is 0.0991. The van der Waals surface area contributed by atoms with E-state index in [0.717, 1.165) is 42.2 Å². The second kappa shape index (κ2) is 8.19. The number of aryl methyl sites for hydroxylation is 2. The van der Waals surface area contributed by atoms with Crippen molar-refractivity contribution in [1.29, 1.82) is 0 Å². The Morgan fingerprint density at radius 2 is 1.84 bits per heavy atom. The Hall–Kier alpha value is -3.13. The van der Waals surface area contributed by atoms with Gasteiger partial charge in [0.2, 0.25) is 5.91 Å². The van der Waals surface area contributed by atoms with Gasteiger partial charge in [-0.3, -0.25) is 14.0 Å². The van der Waals surface area contributed by atoms with Gasteiger partial charge in [0.05, 0.1) is 10.2 Å². The molecule has 1 aliphatic rings. The van der Waals surface area contributed by atoms with Crippen LogP contribution in [0, 0.1) is 6.92 Å². The normalized spacial score (nSPS) is 14.6. The van der Waals surface area contributed by atoms with Gasteiger partial charge in [-0.05, 0) is 43.0 Å². The van der Waals surface area contributed by atoms with Gasteiger partial charge in [0.25, 0.3) is 5.56 Å². The van der Waals surface area contributed by atoms with Crippen LogP contribution in [0.15, 0.2) is 52.6 Å². The summed E-state index contributed by atoms with van der Waals surface area (Å²) in [6.45, 7) is 5.52. The molecule has 4 heterocycles. The van der Waals surface area contributed by atoms with Crippen LogP contribution in [0.3, 0.4) is 0 Å². The maximum absolute atomic E-state index is 12.9. The van der Waals surface area contributed by atoms with Crippen molar-refractivity contribution in [3.05, 3.63) is 64.0 Å². The van der Waals surface area contributed by atoms with Crippen molar-refractivity contribution in [1.82, 2.24) is 19.1 Å². The maximum atomic E-state index is 12.9. The summed E-state index contributed by atoms with van der Waals surface area (Å²) in [5, 5.41) is 6.52. The molecule has 3 aromatic heterocycles. The number of hydrogen-bond acceptors (Lipinski definition) is 5. The Labute approximate surface area is 184 Å². The SMILES string of the molecule is Cc1nn(CCCC(=O)N2CCN(c3ccccc3)CC2)c(=O)c2cc3sccc3n12. The molecule has 0 aliphatic carbocycles. The fourth-order valence-corrected chi connectivity index (χ4v) is 5.17. The highest BCUT2D eigenvalue weighted by atomic mass is 32.1. The van der Waals surface area contributed by atoms with Gasteiger partial charge in [-0.1, -0.05) is 18.2 Å². The van der Waals surface area contributed by atoms with E-state index in [9.17, 15) is 9.59 Å². The van der Waals surface area contributed by atoms with E-state index in [2.05, 4.69) is 22.1 Å². The van der Waals surface area contributed by atoms with Gasteiger partial charge >= 0.3 is 0 Å². The molecular weight excluding hydrogens is 410 g/mol. The zero-order valence-electron chi connectivity index (χ0n) is 17.5. The van der Waals surface area contributed by atoms with E-state index in [4.69, 9.17) is 0 Å². The number of fused-ring (bicyclic) bond motifs is 3. The molecule has 0 spiro atoms. The molecule has 31 heavy (non-hydrogen) atoms. The van der Waals surface area contributed by atoms with Gasteiger partial charge in [0.1, 0.15) is 11.3 Å². The van der Waals surface area contributed by atoms with Crippen molar-refractivity contribution in [2.24, 2.45) is 0 Å². The number of carbonyl (C=O) groups is 1. The predicted molar refractivity (Wildman–Crippen MR) is 124 cm³/mol. The van der Waals surface area contributed by atoms with Crippen LogP contribution < -0.4 is 10.5 Å². The highest BCUT2D eigenvalue weighted by molar-refractivity contribution is 7.17. The first-order chi connectivity index (χ1) is 15.1. The van der Waals surface area contributed by atoms with Crippen molar-refractivity contribution in [2.75, 3.05) is 31.1 Å². The van der Waals surface area contributed by atoms with E-state index in [-0.39, 0.29) is 11.5 Å². The van der Waals surface area contributed by atoms with Crippen molar-refractivity contribution in [2.45, 2.75) is 26.3 Å². The van der Waals surface area contributed by atoms with E-state index in [1.54, 1.807) is 11.3 Å². The second-order valence-corrected chi connectivity index (χ2v) is 8.87. The van der Waals surface area contributed by atoms with Crippen molar-refractivity contribution < 1.29 is 4.79 Å². The van der Waals surface area contributed by atoms with Crippen LogP contribution in [-0.4, -0.2) is 51.2 Å². The number of piperazine rings is 1. The van der Waals surface area contributed by atoms with Gasteiger partial charge in [0.15, 0.2) is 0 Å². The third-order valence-corrected chi connectivity index (χ3v) is 6.83. The molecule has 0 bridgehead atoms. The van der Waals surface area contributed by atoms with E-state index in [1.165, 1.54) is 10.4 Å². The Morgan fingerprint density at radius 3 is 2.61 bits per heavy atom. The molecule has 0 saturated carbocycles. The van der Waals surface area contributed by atoms with Crippen molar-refractivity contribution in [3.8, 4) is 0 Å². The smallest absolute Gasteiger partial charge is 0.291 e. The summed E-state index contributed by atoms with van der Waals surface area (Å²) in [5.41, 5.74) is 2.78. The predicted octanol–water partition coefficient (Wildman–Crippen LogP) is 3.15. The monoisotopic (exact) mass is 435 g/mol. The Morgan fingerprint density at radius 1 is 1.06 bits per heavy atom. The van der Waals surface area contributed by atoms with Gasteiger partial charge < -0.3 is 9.80 Å². The quantitative estimate of drug-likeness (QED) is 0.483. The molecule has 4 aromatic rings. The number of rotatable bonds is 5.